The highest BCUT2D eigenvalue weighted by Crippen LogP contribution is 2.15. The highest BCUT2D eigenvalue weighted by Gasteiger charge is 2.20. The van der Waals surface area contributed by atoms with E-state index in [1.54, 1.807) is 6.07 Å². The van der Waals surface area contributed by atoms with E-state index >= 15 is 0 Å². The van der Waals surface area contributed by atoms with Crippen LogP contribution in [0.1, 0.15) is 37.2 Å². The lowest BCUT2D eigenvalue weighted by atomic mass is 10.1. The molecule has 6 heteroatoms. The molecule has 1 aliphatic heterocycles. The van der Waals surface area contributed by atoms with Crippen LogP contribution in [-0.4, -0.2) is 41.8 Å². The van der Waals surface area contributed by atoms with E-state index in [2.05, 4.69) is 34.3 Å². The van der Waals surface area contributed by atoms with Gasteiger partial charge in [0.05, 0.1) is 0 Å². The molecule has 0 aromatic carbocycles. The number of primary amides is 1. The first kappa shape index (κ1) is 14.7. The van der Waals surface area contributed by atoms with Gasteiger partial charge in [0, 0.05) is 19.1 Å². The molecule has 2 heterocycles. The van der Waals surface area contributed by atoms with Crippen molar-refractivity contribution in [2.75, 3.05) is 24.5 Å². The quantitative estimate of drug-likeness (QED) is 0.803. The lowest BCUT2D eigenvalue weighted by Crippen LogP contribution is -2.40. The molecule has 1 unspecified atom stereocenters. The summed E-state index contributed by atoms with van der Waals surface area (Å²) in [6.45, 7) is 7.29. The molecule has 0 spiro atoms. The summed E-state index contributed by atoms with van der Waals surface area (Å²) in [6, 6.07) is 3.97. The van der Waals surface area contributed by atoms with Gasteiger partial charge in [-0.05, 0) is 37.4 Å². The molecule has 1 fully saturated rings. The number of rotatable bonds is 6. The molecule has 0 radical (unpaired) electrons. The van der Waals surface area contributed by atoms with E-state index in [1.165, 1.54) is 12.8 Å². The minimum Gasteiger partial charge on any atom is -0.364 e. The summed E-state index contributed by atoms with van der Waals surface area (Å²) in [5.74, 6) is 0.795. The lowest BCUT2D eigenvalue weighted by Gasteiger charge is -2.28. The molecule has 6 nitrogen and oxygen atoms in total. The average molecular weight is 277 g/mol. The van der Waals surface area contributed by atoms with Crippen molar-refractivity contribution in [3.05, 3.63) is 17.8 Å². The molecule has 1 atom stereocenters. The minimum absolute atomic E-state index is 0.206. The Balaban J connectivity index is 2.09. The van der Waals surface area contributed by atoms with Crippen molar-refractivity contribution in [3.8, 4) is 0 Å². The molecule has 110 valence electrons. The highest BCUT2D eigenvalue weighted by atomic mass is 16.1. The third kappa shape index (κ3) is 3.90. The fourth-order valence-corrected chi connectivity index (χ4v) is 2.51. The summed E-state index contributed by atoms with van der Waals surface area (Å²) in [5, 5.41) is 11.5. The minimum atomic E-state index is -0.545. The summed E-state index contributed by atoms with van der Waals surface area (Å²) in [7, 11) is 0. The van der Waals surface area contributed by atoms with Crippen LogP contribution in [0, 0.1) is 5.92 Å². The zero-order chi connectivity index (χ0) is 14.5. The van der Waals surface area contributed by atoms with Crippen LogP contribution in [0.5, 0.6) is 0 Å². The fraction of sp³-hybridized carbons (Fsp3) is 0.643. The zero-order valence-electron chi connectivity index (χ0n) is 12.2. The van der Waals surface area contributed by atoms with Gasteiger partial charge in [0.25, 0.3) is 5.91 Å². The molecule has 1 aromatic rings. The summed E-state index contributed by atoms with van der Waals surface area (Å²) in [5.41, 5.74) is 5.39. The number of nitrogens with zero attached hydrogens (tertiary/aromatic N) is 3. The third-order valence-electron chi connectivity index (χ3n) is 3.42. The van der Waals surface area contributed by atoms with Crippen molar-refractivity contribution in [1.29, 1.82) is 0 Å². The standard InChI is InChI=1S/C14H23N5O/c1-10(2)8-19(9-11-4-3-7-16-11)13-6-5-12(14(15)20)17-18-13/h5-6,10-11,16H,3-4,7-9H2,1-2H3,(H2,15,20). The molecule has 0 bridgehead atoms. The molecule has 1 aromatic heterocycles. The van der Waals surface area contributed by atoms with Crippen LogP contribution in [0.25, 0.3) is 0 Å². The largest absolute Gasteiger partial charge is 0.364 e. The number of carbonyl (C=O) groups excluding carboxylic acids is 1. The van der Waals surface area contributed by atoms with E-state index in [-0.39, 0.29) is 5.69 Å². The smallest absolute Gasteiger partial charge is 0.269 e. The van der Waals surface area contributed by atoms with E-state index < -0.39 is 5.91 Å². The monoisotopic (exact) mass is 277 g/mol. The second kappa shape index (κ2) is 6.65. The number of nitrogens with one attached hydrogen (secondary N) is 1. The maximum atomic E-state index is 11.0. The molecule has 3 N–H and O–H groups in total. The Bertz CT molecular complexity index is 439. The normalized spacial score (nSPS) is 18.4. The van der Waals surface area contributed by atoms with Crippen LogP contribution in [0.15, 0.2) is 12.1 Å². The number of hydrogen-bond acceptors (Lipinski definition) is 5. The predicted molar refractivity (Wildman–Crippen MR) is 78.6 cm³/mol. The van der Waals surface area contributed by atoms with Crippen molar-refractivity contribution in [2.24, 2.45) is 11.7 Å². The summed E-state index contributed by atoms with van der Waals surface area (Å²) in [4.78, 5) is 13.3. The Kier molecular flexibility index (Phi) is 4.89. The number of aromatic nitrogens is 2. The van der Waals surface area contributed by atoms with Gasteiger partial charge in [0.15, 0.2) is 11.5 Å². The first-order valence-electron chi connectivity index (χ1n) is 7.18. The highest BCUT2D eigenvalue weighted by molar-refractivity contribution is 5.90. The Morgan fingerprint density at radius 2 is 2.30 bits per heavy atom. The molecular weight excluding hydrogens is 254 g/mol. The topological polar surface area (TPSA) is 84.1 Å². The van der Waals surface area contributed by atoms with Crippen LogP contribution in [0.4, 0.5) is 5.82 Å². The first-order chi connectivity index (χ1) is 9.56. The van der Waals surface area contributed by atoms with Crippen molar-refractivity contribution in [1.82, 2.24) is 15.5 Å². The second-order valence-corrected chi connectivity index (χ2v) is 5.73. The molecule has 2 rings (SSSR count). The van der Waals surface area contributed by atoms with Crippen LogP contribution in [-0.2, 0) is 0 Å². The van der Waals surface area contributed by atoms with E-state index in [0.717, 1.165) is 25.5 Å². The van der Waals surface area contributed by atoms with Crippen LogP contribution >= 0.6 is 0 Å². The predicted octanol–water partition coefficient (Wildman–Crippen LogP) is 0.790. The molecule has 0 aliphatic carbocycles. The number of nitrogens with two attached hydrogens (primary N) is 1. The molecule has 1 saturated heterocycles. The number of hydrogen-bond donors (Lipinski definition) is 2. The van der Waals surface area contributed by atoms with E-state index in [1.807, 2.05) is 6.07 Å². The third-order valence-corrected chi connectivity index (χ3v) is 3.42. The SMILES string of the molecule is CC(C)CN(CC1CCCN1)c1ccc(C(N)=O)nn1. The second-order valence-electron chi connectivity index (χ2n) is 5.73. The van der Waals surface area contributed by atoms with Crippen LogP contribution < -0.4 is 16.0 Å². The van der Waals surface area contributed by atoms with E-state index in [0.29, 0.717) is 12.0 Å². The lowest BCUT2D eigenvalue weighted by molar-refractivity contribution is 0.0994. The maximum absolute atomic E-state index is 11.0. The Hall–Kier alpha value is -1.69. The van der Waals surface area contributed by atoms with Gasteiger partial charge in [0.2, 0.25) is 0 Å². The molecule has 1 amide bonds. The summed E-state index contributed by atoms with van der Waals surface area (Å²) < 4.78 is 0. The summed E-state index contributed by atoms with van der Waals surface area (Å²) >= 11 is 0. The first-order valence-corrected chi connectivity index (χ1v) is 7.18. The maximum Gasteiger partial charge on any atom is 0.269 e. The average Bonchev–Trinajstić information content (AvgIpc) is 2.90. The van der Waals surface area contributed by atoms with Gasteiger partial charge in [-0.15, -0.1) is 10.2 Å². The van der Waals surface area contributed by atoms with Crippen molar-refractivity contribution >= 4 is 11.7 Å². The van der Waals surface area contributed by atoms with Crippen LogP contribution in [0.2, 0.25) is 0 Å². The van der Waals surface area contributed by atoms with Gasteiger partial charge < -0.3 is 16.0 Å². The number of carbonyl (C=O) groups is 1. The molecular formula is C14H23N5O. The zero-order valence-corrected chi connectivity index (χ0v) is 12.2. The molecule has 1 aliphatic rings. The van der Waals surface area contributed by atoms with Crippen molar-refractivity contribution in [3.63, 3.8) is 0 Å². The van der Waals surface area contributed by atoms with E-state index in [4.69, 9.17) is 5.73 Å². The Morgan fingerprint density at radius 3 is 2.80 bits per heavy atom. The molecule has 20 heavy (non-hydrogen) atoms. The van der Waals surface area contributed by atoms with Gasteiger partial charge in [0.1, 0.15) is 0 Å². The fourth-order valence-electron chi connectivity index (χ4n) is 2.51. The van der Waals surface area contributed by atoms with Crippen LogP contribution in [0.3, 0.4) is 0 Å². The van der Waals surface area contributed by atoms with E-state index in [9.17, 15) is 4.79 Å². The number of amides is 1. The van der Waals surface area contributed by atoms with Gasteiger partial charge in [-0.25, -0.2) is 0 Å². The van der Waals surface area contributed by atoms with Gasteiger partial charge in [-0.3, -0.25) is 4.79 Å². The van der Waals surface area contributed by atoms with Gasteiger partial charge >= 0.3 is 0 Å². The van der Waals surface area contributed by atoms with Gasteiger partial charge in [-0.1, -0.05) is 13.8 Å². The Labute approximate surface area is 119 Å². The van der Waals surface area contributed by atoms with Crippen molar-refractivity contribution < 1.29 is 4.79 Å². The number of anilines is 1. The van der Waals surface area contributed by atoms with Crippen molar-refractivity contribution in [2.45, 2.75) is 32.7 Å². The Morgan fingerprint density at radius 1 is 1.50 bits per heavy atom. The molecule has 0 saturated carbocycles. The van der Waals surface area contributed by atoms with Gasteiger partial charge in [-0.2, -0.15) is 0 Å². The summed E-state index contributed by atoms with van der Waals surface area (Å²) in [6.07, 6.45) is 2.42.